The first-order valence-corrected chi connectivity index (χ1v) is 4.98. The first-order valence-electron chi connectivity index (χ1n) is 4.98. The molecule has 0 amide bonds. The molecule has 0 aliphatic carbocycles. The Morgan fingerprint density at radius 3 is 3.06 bits per heavy atom. The van der Waals surface area contributed by atoms with Gasteiger partial charge in [0.2, 0.25) is 0 Å². The van der Waals surface area contributed by atoms with Gasteiger partial charge in [0.05, 0.1) is 17.1 Å². The standard InChI is InChI=1S/C10H7N5O3/c11-6-3-1-2-5-7(16)4-8(17-9(5)6)18-10-12-14-15-13-10/h1-4H,11H2,(H,12,13,14,15). The highest BCUT2D eigenvalue weighted by molar-refractivity contribution is 5.87. The summed E-state index contributed by atoms with van der Waals surface area (Å²) >= 11 is 0. The number of nitrogen functional groups attached to an aromatic ring is 1. The lowest BCUT2D eigenvalue weighted by Crippen LogP contribution is -2.02. The van der Waals surface area contributed by atoms with E-state index in [1.807, 2.05) is 0 Å². The number of nitrogens with zero attached hydrogens (tertiary/aromatic N) is 3. The van der Waals surface area contributed by atoms with Crippen LogP contribution >= 0.6 is 0 Å². The fourth-order valence-corrected chi connectivity index (χ4v) is 1.52. The maximum atomic E-state index is 11.8. The van der Waals surface area contributed by atoms with Crippen molar-refractivity contribution in [3.05, 3.63) is 34.5 Å². The van der Waals surface area contributed by atoms with Crippen molar-refractivity contribution < 1.29 is 9.15 Å². The third kappa shape index (κ3) is 1.65. The highest BCUT2D eigenvalue weighted by Gasteiger charge is 2.10. The smallest absolute Gasteiger partial charge is 0.340 e. The van der Waals surface area contributed by atoms with Crippen molar-refractivity contribution in [3.8, 4) is 12.0 Å². The molecule has 3 rings (SSSR count). The molecule has 2 heterocycles. The van der Waals surface area contributed by atoms with Crippen molar-refractivity contribution in [3.63, 3.8) is 0 Å². The maximum absolute atomic E-state index is 11.8. The zero-order valence-electron chi connectivity index (χ0n) is 8.95. The molecule has 0 atom stereocenters. The largest absolute Gasteiger partial charge is 0.423 e. The molecule has 3 aromatic rings. The van der Waals surface area contributed by atoms with E-state index in [0.29, 0.717) is 11.1 Å². The molecule has 0 radical (unpaired) electrons. The van der Waals surface area contributed by atoms with Gasteiger partial charge in [-0.05, 0) is 22.6 Å². The van der Waals surface area contributed by atoms with Gasteiger partial charge in [-0.2, -0.15) is 0 Å². The van der Waals surface area contributed by atoms with Gasteiger partial charge in [-0.25, -0.2) is 5.10 Å². The summed E-state index contributed by atoms with van der Waals surface area (Å²) in [7, 11) is 0. The predicted octanol–water partition coefficient (Wildman–Crippen LogP) is 0.681. The van der Waals surface area contributed by atoms with E-state index in [1.165, 1.54) is 6.07 Å². The maximum Gasteiger partial charge on any atom is 0.340 e. The Bertz CT molecular complexity index is 750. The number of benzene rings is 1. The molecule has 0 saturated carbocycles. The van der Waals surface area contributed by atoms with Gasteiger partial charge in [-0.1, -0.05) is 11.2 Å². The summed E-state index contributed by atoms with van der Waals surface area (Å²) in [5.41, 5.74) is 6.10. The van der Waals surface area contributed by atoms with E-state index in [-0.39, 0.29) is 23.0 Å². The number of anilines is 1. The van der Waals surface area contributed by atoms with E-state index in [2.05, 4.69) is 20.6 Å². The summed E-state index contributed by atoms with van der Waals surface area (Å²) in [5.74, 6) is -0.0380. The first kappa shape index (κ1) is 10.3. The number of fused-ring (bicyclic) bond motifs is 1. The fourth-order valence-electron chi connectivity index (χ4n) is 1.52. The Hall–Kier alpha value is -2.90. The Kier molecular flexibility index (Phi) is 2.19. The topological polar surface area (TPSA) is 120 Å². The Labute approximate surface area is 99.4 Å². The Morgan fingerprint density at radius 1 is 1.39 bits per heavy atom. The van der Waals surface area contributed by atoms with Crippen LogP contribution in [0.15, 0.2) is 33.5 Å². The molecular weight excluding hydrogens is 238 g/mol. The van der Waals surface area contributed by atoms with Gasteiger partial charge in [-0.3, -0.25) is 4.79 Å². The van der Waals surface area contributed by atoms with Gasteiger partial charge >= 0.3 is 6.01 Å². The summed E-state index contributed by atoms with van der Waals surface area (Å²) in [6.07, 6.45) is 0. The van der Waals surface area contributed by atoms with Crippen molar-refractivity contribution in [2.45, 2.75) is 0 Å². The number of hydrogen-bond donors (Lipinski definition) is 2. The van der Waals surface area contributed by atoms with Gasteiger partial charge in [0, 0.05) is 0 Å². The number of hydrogen-bond acceptors (Lipinski definition) is 7. The molecule has 0 spiro atoms. The second-order valence-electron chi connectivity index (χ2n) is 3.46. The Morgan fingerprint density at radius 2 is 2.28 bits per heavy atom. The number of aromatic amines is 1. The highest BCUT2D eigenvalue weighted by Crippen LogP contribution is 2.24. The Balaban J connectivity index is 2.15. The van der Waals surface area contributed by atoms with Gasteiger partial charge in [-0.15, -0.1) is 0 Å². The second kappa shape index (κ2) is 3.84. The number of tetrazole rings is 1. The van der Waals surface area contributed by atoms with Crippen molar-refractivity contribution in [1.29, 1.82) is 0 Å². The molecule has 0 saturated heterocycles. The minimum absolute atomic E-state index is 0.0204. The second-order valence-corrected chi connectivity index (χ2v) is 3.46. The minimum atomic E-state index is -0.258. The normalized spacial score (nSPS) is 10.7. The number of nitrogens with one attached hydrogen (secondary N) is 1. The van der Waals surface area contributed by atoms with Gasteiger partial charge in [0.15, 0.2) is 11.0 Å². The zero-order chi connectivity index (χ0) is 12.5. The van der Waals surface area contributed by atoms with E-state index < -0.39 is 0 Å². The lowest BCUT2D eigenvalue weighted by atomic mass is 10.2. The molecule has 0 bridgehead atoms. The first-order chi connectivity index (χ1) is 8.74. The molecule has 18 heavy (non-hydrogen) atoms. The summed E-state index contributed by atoms with van der Waals surface area (Å²) < 4.78 is 10.5. The molecular formula is C10H7N5O3. The molecule has 8 nitrogen and oxygen atoms in total. The molecule has 1 aromatic carbocycles. The van der Waals surface area contributed by atoms with E-state index in [1.54, 1.807) is 18.2 Å². The van der Waals surface area contributed by atoms with E-state index in [4.69, 9.17) is 14.9 Å². The quantitative estimate of drug-likeness (QED) is 0.637. The fraction of sp³-hybridized carbons (Fsp3) is 0. The van der Waals surface area contributed by atoms with Crippen LogP contribution in [-0.4, -0.2) is 20.6 Å². The lowest BCUT2D eigenvalue weighted by Gasteiger charge is -2.03. The molecule has 0 fully saturated rings. The number of rotatable bonds is 2. The van der Waals surface area contributed by atoms with Crippen LogP contribution in [0.5, 0.6) is 12.0 Å². The third-order valence-corrected chi connectivity index (χ3v) is 2.29. The van der Waals surface area contributed by atoms with E-state index in [0.717, 1.165) is 0 Å². The average molecular weight is 245 g/mol. The number of H-pyrrole nitrogens is 1. The van der Waals surface area contributed by atoms with Gasteiger partial charge in [0.1, 0.15) is 0 Å². The van der Waals surface area contributed by atoms with Crippen LogP contribution in [0.4, 0.5) is 5.69 Å². The predicted molar refractivity (Wildman–Crippen MR) is 61.1 cm³/mol. The summed E-state index contributed by atoms with van der Waals surface area (Å²) in [4.78, 5) is 11.8. The third-order valence-electron chi connectivity index (χ3n) is 2.29. The van der Waals surface area contributed by atoms with Gasteiger partial charge < -0.3 is 14.9 Å². The van der Waals surface area contributed by atoms with Crippen LogP contribution in [0.25, 0.3) is 11.0 Å². The number of ether oxygens (including phenoxy) is 1. The van der Waals surface area contributed by atoms with Crippen molar-refractivity contribution in [2.24, 2.45) is 0 Å². The van der Waals surface area contributed by atoms with Crippen LogP contribution in [0.3, 0.4) is 0 Å². The average Bonchev–Trinajstić information content (AvgIpc) is 2.83. The van der Waals surface area contributed by atoms with Crippen LogP contribution < -0.4 is 15.9 Å². The van der Waals surface area contributed by atoms with Crippen LogP contribution in [0.2, 0.25) is 0 Å². The summed E-state index contributed by atoms with van der Waals surface area (Å²) in [5, 5.41) is 12.9. The molecule has 3 N–H and O–H groups in total. The number of para-hydroxylation sites is 1. The number of nitrogens with two attached hydrogens (primary N) is 1. The number of aromatic nitrogens is 4. The summed E-state index contributed by atoms with van der Waals surface area (Å²) in [6, 6.07) is 6.15. The van der Waals surface area contributed by atoms with Crippen LogP contribution in [-0.2, 0) is 0 Å². The zero-order valence-corrected chi connectivity index (χ0v) is 8.95. The monoisotopic (exact) mass is 245 g/mol. The van der Waals surface area contributed by atoms with E-state index in [9.17, 15) is 4.79 Å². The summed E-state index contributed by atoms with van der Waals surface area (Å²) in [6.45, 7) is 0. The molecule has 0 aliphatic heterocycles. The SMILES string of the molecule is Nc1cccc2c(=O)cc(Oc3nnn[nH]3)oc12. The molecule has 8 heteroatoms. The molecule has 90 valence electrons. The molecule has 0 aliphatic rings. The minimum Gasteiger partial charge on any atom is -0.423 e. The van der Waals surface area contributed by atoms with Crippen LogP contribution in [0.1, 0.15) is 0 Å². The molecule has 2 aromatic heterocycles. The van der Waals surface area contributed by atoms with Crippen molar-refractivity contribution in [1.82, 2.24) is 20.6 Å². The van der Waals surface area contributed by atoms with E-state index >= 15 is 0 Å². The lowest BCUT2D eigenvalue weighted by molar-refractivity contribution is 0.333. The van der Waals surface area contributed by atoms with Crippen molar-refractivity contribution >= 4 is 16.7 Å². The van der Waals surface area contributed by atoms with Crippen molar-refractivity contribution in [2.75, 3.05) is 5.73 Å². The van der Waals surface area contributed by atoms with Crippen LogP contribution in [0, 0.1) is 0 Å². The molecule has 0 unspecified atom stereocenters. The highest BCUT2D eigenvalue weighted by atomic mass is 16.6. The van der Waals surface area contributed by atoms with Gasteiger partial charge in [0.25, 0.3) is 5.95 Å².